The highest BCUT2D eigenvalue weighted by Crippen LogP contribution is 2.17. The first-order valence-electron chi connectivity index (χ1n) is 5.47. The molecule has 92 valence electrons. The number of halogens is 1. The largest absolute Gasteiger partial charge is 0.508 e. The van der Waals surface area contributed by atoms with Gasteiger partial charge in [-0.3, -0.25) is 4.79 Å². The normalized spacial score (nSPS) is 10.1. The van der Waals surface area contributed by atoms with Gasteiger partial charge in [-0.05, 0) is 30.3 Å². The van der Waals surface area contributed by atoms with Crippen LogP contribution in [0.25, 0.3) is 0 Å². The van der Waals surface area contributed by atoms with Crippen molar-refractivity contribution in [3.63, 3.8) is 0 Å². The molecule has 0 spiro atoms. The van der Waals surface area contributed by atoms with E-state index in [0.717, 1.165) is 0 Å². The van der Waals surface area contributed by atoms with Crippen molar-refractivity contribution in [1.82, 2.24) is 0 Å². The summed E-state index contributed by atoms with van der Waals surface area (Å²) in [6.45, 7) is 0. The molecule has 0 aliphatic carbocycles. The van der Waals surface area contributed by atoms with Gasteiger partial charge in [0.1, 0.15) is 5.75 Å². The molecule has 2 aromatic rings. The van der Waals surface area contributed by atoms with Gasteiger partial charge in [-0.1, -0.05) is 29.8 Å². The average Bonchev–Trinajstić information content (AvgIpc) is 2.35. The van der Waals surface area contributed by atoms with Crippen molar-refractivity contribution in [1.29, 1.82) is 0 Å². The van der Waals surface area contributed by atoms with E-state index in [0.29, 0.717) is 16.3 Å². The summed E-state index contributed by atoms with van der Waals surface area (Å²) in [5.41, 5.74) is 1.28. The second kappa shape index (κ2) is 5.56. The number of nitrogens with one attached hydrogen (secondary N) is 1. The molecule has 0 aliphatic rings. The molecule has 0 bridgehead atoms. The quantitative estimate of drug-likeness (QED) is 0.891. The molecule has 0 saturated carbocycles. The minimum absolute atomic E-state index is 0.128. The molecule has 0 saturated heterocycles. The Kier molecular flexibility index (Phi) is 3.85. The Labute approximate surface area is 110 Å². The molecule has 0 atom stereocenters. The number of carbonyl (C=O) groups excluding carboxylic acids is 1. The molecule has 0 aromatic heterocycles. The number of anilines is 1. The molecule has 0 unspecified atom stereocenters. The van der Waals surface area contributed by atoms with Gasteiger partial charge >= 0.3 is 0 Å². The Balaban J connectivity index is 2.01. The van der Waals surface area contributed by atoms with E-state index in [1.54, 1.807) is 48.5 Å². The highest BCUT2D eigenvalue weighted by molar-refractivity contribution is 6.30. The SMILES string of the molecule is O=C(Cc1ccccc1O)Nc1ccc(Cl)cc1. The number of rotatable bonds is 3. The van der Waals surface area contributed by atoms with Crippen molar-refractivity contribution in [2.45, 2.75) is 6.42 Å². The lowest BCUT2D eigenvalue weighted by Gasteiger charge is -2.06. The van der Waals surface area contributed by atoms with E-state index >= 15 is 0 Å². The van der Waals surface area contributed by atoms with Gasteiger partial charge in [0.2, 0.25) is 5.91 Å². The van der Waals surface area contributed by atoms with Gasteiger partial charge in [0, 0.05) is 16.3 Å². The van der Waals surface area contributed by atoms with Crippen molar-refractivity contribution in [3.05, 3.63) is 59.1 Å². The number of aromatic hydroxyl groups is 1. The summed E-state index contributed by atoms with van der Waals surface area (Å²) in [5, 5.41) is 12.9. The Morgan fingerprint density at radius 2 is 1.78 bits per heavy atom. The van der Waals surface area contributed by atoms with E-state index in [4.69, 9.17) is 11.6 Å². The van der Waals surface area contributed by atoms with Crippen LogP contribution in [0.15, 0.2) is 48.5 Å². The maximum absolute atomic E-state index is 11.8. The molecule has 3 nitrogen and oxygen atoms in total. The van der Waals surface area contributed by atoms with Crippen molar-refractivity contribution in [2.75, 3.05) is 5.32 Å². The third-order valence-electron chi connectivity index (χ3n) is 2.47. The minimum atomic E-state index is -0.182. The molecule has 0 radical (unpaired) electrons. The van der Waals surface area contributed by atoms with Crippen molar-refractivity contribution >= 4 is 23.2 Å². The maximum Gasteiger partial charge on any atom is 0.228 e. The summed E-state index contributed by atoms with van der Waals surface area (Å²) < 4.78 is 0. The van der Waals surface area contributed by atoms with E-state index < -0.39 is 0 Å². The number of phenolic OH excluding ortho intramolecular Hbond substituents is 1. The van der Waals surface area contributed by atoms with Gasteiger partial charge in [-0.15, -0.1) is 0 Å². The average molecular weight is 262 g/mol. The van der Waals surface area contributed by atoms with Crippen LogP contribution in [0.1, 0.15) is 5.56 Å². The summed E-state index contributed by atoms with van der Waals surface area (Å²) in [4.78, 5) is 11.8. The monoisotopic (exact) mass is 261 g/mol. The summed E-state index contributed by atoms with van der Waals surface area (Å²) >= 11 is 5.75. The minimum Gasteiger partial charge on any atom is -0.508 e. The third kappa shape index (κ3) is 3.25. The molecule has 0 heterocycles. The number of phenols is 1. The zero-order valence-electron chi connectivity index (χ0n) is 9.56. The van der Waals surface area contributed by atoms with Crippen LogP contribution in [0.2, 0.25) is 5.02 Å². The Hall–Kier alpha value is -2.00. The topological polar surface area (TPSA) is 49.3 Å². The first kappa shape index (κ1) is 12.5. The maximum atomic E-state index is 11.8. The van der Waals surface area contributed by atoms with Gasteiger partial charge in [0.05, 0.1) is 6.42 Å². The Morgan fingerprint density at radius 3 is 2.44 bits per heavy atom. The zero-order valence-corrected chi connectivity index (χ0v) is 10.3. The van der Waals surface area contributed by atoms with E-state index in [2.05, 4.69) is 5.32 Å². The fourth-order valence-corrected chi connectivity index (χ4v) is 1.70. The number of para-hydroxylation sites is 1. The zero-order chi connectivity index (χ0) is 13.0. The molecule has 2 rings (SSSR count). The number of hydrogen-bond donors (Lipinski definition) is 2. The predicted molar refractivity (Wildman–Crippen MR) is 71.9 cm³/mol. The molecular formula is C14H12ClNO2. The van der Waals surface area contributed by atoms with Crippen LogP contribution in [0.4, 0.5) is 5.69 Å². The molecule has 0 fully saturated rings. The number of carbonyl (C=O) groups is 1. The summed E-state index contributed by atoms with van der Waals surface area (Å²) in [5.74, 6) is -0.0532. The Morgan fingerprint density at radius 1 is 1.11 bits per heavy atom. The van der Waals surface area contributed by atoms with Gasteiger partial charge in [0.15, 0.2) is 0 Å². The number of amides is 1. The highest BCUT2D eigenvalue weighted by atomic mass is 35.5. The summed E-state index contributed by atoms with van der Waals surface area (Å²) in [7, 11) is 0. The smallest absolute Gasteiger partial charge is 0.228 e. The van der Waals surface area contributed by atoms with E-state index in [1.807, 2.05) is 0 Å². The lowest BCUT2D eigenvalue weighted by Crippen LogP contribution is -2.14. The molecule has 18 heavy (non-hydrogen) atoms. The second-order valence-corrected chi connectivity index (χ2v) is 4.30. The molecule has 1 amide bonds. The summed E-state index contributed by atoms with van der Waals surface area (Å²) in [6, 6.07) is 13.6. The van der Waals surface area contributed by atoms with E-state index in [1.165, 1.54) is 0 Å². The van der Waals surface area contributed by atoms with Gasteiger partial charge in [-0.25, -0.2) is 0 Å². The predicted octanol–water partition coefficient (Wildman–Crippen LogP) is 3.23. The van der Waals surface area contributed by atoms with Crippen LogP contribution in [-0.4, -0.2) is 11.0 Å². The molecule has 0 aliphatic heterocycles. The lowest BCUT2D eigenvalue weighted by molar-refractivity contribution is -0.115. The second-order valence-electron chi connectivity index (χ2n) is 3.86. The first-order chi connectivity index (χ1) is 8.65. The first-order valence-corrected chi connectivity index (χ1v) is 5.85. The van der Waals surface area contributed by atoms with Crippen LogP contribution >= 0.6 is 11.6 Å². The van der Waals surface area contributed by atoms with Gasteiger partial charge in [-0.2, -0.15) is 0 Å². The van der Waals surface area contributed by atoms with Crippen LogP contribution in [0.3, 0.4) is 0 Å². The molecule has 4 heteroatoms. The van der Waals surface area contributed by atoms with Crippen LogP contribution in [0, 0.1) is 0 Å². The number of benzene rings is 2. The lowest BCUT2D eigenvalue weighted by atomic mass is 10.1. The van der Waals surface area contributed by atoms with Gasteiger partial charge < -0.3 is 10.4 Å². The molecular weight excluding hydrogens is 250 g/mol. The molecule has 2 aromatic carbocycles. The van der Waals surface area contributed by atoms with Crippen LogP contribution in [-0.2, 0) is 11.2 Å². The third-order valence-corrected chi connectivity index (χ3v) is 2.72. The van der Waals surface area contributed by atoms with Crippen molar-refractivity contribution in [2.24, 2.45) is 0 Å². The van der Waals surface area contributed by atoms with Crippen LogP contribution < -0.4 is 5.32 Å². The van der Waals surface area contributed by atoms with Crippen molar-refractivity contribution in [3.8, 4) is 5.75 Å². The van der Waals surface area contributed by atoms with E-state index in [-0.39, 0.29) is 18.1 Å². The van der Waals surface area contributed by atoms with Gasteiger partial charge in [0.25, 0.3) is 0 Å². The van der Waals surface area contributed by atoms with Crippen LogP contribution in [0.5, 0.6) is 5.75 Å². The van der Waals surface area contributed by atoms with E-state index in [9.17, 15) is 9.90 Å². The Bertz CT molecular complexity index is 552. The highest BCUT2D eigenvalue weighted by Gasteiger charge is 2.07. The fourth-order valence-electron chi connectivity index (χ4n) is 1.57. The fraction of sp³-hybridized carbons (Fsp3) is 0.0714. The number of hydrogen-bond acceptors (Lipinski definition) is 2. The standard InChI is InChI=1S/C14H12ClNO2/c15-11-5-7-12(8-6-11)16-14(18)9-10-3-1-2-4-13(10)17/h1-8,17H,9H2,(H,16,18). The molecule has 2 N–H and O–H groups in total. The summed E-state index contributed by atoms with van der Waals surface area (Å²) in [6.07, 6.45) is 0.134. The van der Waals surface area contributed by atoms with Crippen molar-refractivity contribution < 1.29 is 9.90 Å².